The molecule has 2 aliphatic heterocycles. The number of fused-ring (bicyclic) bond motifs is 1. The number of hydrogen-bond acceptors (Lipinski definition) is 7. The number of primary amides is 1. The third kappa shape index (κ3) is 3.77. The van der Waals surface area contributed by atoms with Crippen molar-refractivity contribution >= 4 is 17.5 Å². The number of aryl methyl sites for hydroxylation is 1. The molecule has 0 spiro atoms. The van der Waals surface area contributed by atoms with Crippen molar-refractivity contribution in [2.45, 2.75) is 32.7 Å². The van der Waals surface area contributed by atoms with E-state index in [-0.39, 0.29) is 17.9 Å². The van der Waals surface area contributed by atoms with Gasteiger partial charge in [-0.25, -0.2) is 15.0 Å². The van der Waals surface area contributed by atoms with E-state index in [0.29, 0.717) is 12.4 Å². The Bertz CT molecular complexity index is 1150. The topological polar surface area (TPSA) is 101 Å². The second-order valence-electron chi connectivity index (χ2n) is 8.62. The highest BCUT2D eigenvalue weighted by Crippen LogP contribution is 2.34. The number of anilines is 2. The quantitative estimate of drug-likeness (QED) is 0.680. The molecule has 0 aromatic carbocycles. The van der Waals surface area contributed by atoms with Gasteiger partial charge >= 0.3 is 0 Å². The highest BCUT2D eigenvalue weighted by Gasteiger charge is 2.30. The monoisotopic (exact) mass is 429 g/mol. The molecule has 0 bridgehead atoms. The van der Waals surface area contributed by atoms with Gasteiger partial charge < -0.3 is 15.5 Å². The van der Waals surface area contributed by atoms with Gasteiger partial charge in [0.05, 0.1) is 17.7 Å². The zero-order chi connectivity index (χ0) is 22.2. The van der Waals surface area contributed by atoms with E-state index >= 15 is 0 Å². The summed E-state index contributed by atoms with van der Waals surface area (Å²) in [5, 5.41) is 0. The maximum absolute atomic E-state index is 11.6. The Balaban J connectivity index is 1.41. The van der Waals surface area contributed by atoms with Gasteiger partial charge in [0.15, 0.2) is 5.82 Å². The van der Waals surface area contributed by atoms with Crippen LogP contribution in [0.25, 0.3) is 11.5 Å². The van der Waals surface area contributed by atoms with Gasteiger partial charge in [-0.2, -0.15) is 0 Å². The molecular formula is C24H27N7O. The summed E-state index contributed by atoms with van der Waals surface area (Å²) in [6.07, 6.45) is 5.29. The van der Waals surface area contributed by atoms with E-state index < -0.39 is 0 Å². The molecule has 0 aliphatic carbocycles. The third-order valence-corrected chi connectivity index (χ3v) is 6.45. The lowest BCUT2D eigenvalue weighted by Gasteiger charge is -2.36. The predicted molar refractivity (Wildman–Crippen MR) is 123 cm³/mol. The van der Waals surface area contributed by atoms with Gasteiger partial charge in [-0.3, -0.25) is 9.78 Å². The van der Waals surface area contributed by atoms with E-state index in [4.69, 9.17) is 15.7 Å². The normalized spacial score (nSPS) is 20.3. The Morgan fingerprint density at radius 2 is 1.97 bits per heavy atom. The van der Waals surface area contributed by atoms with Crippen LogP contribution in [-0.2, 0) is 11.2 Å². The second-order valence-corrected chi connectivity index (χ2v) is 8.62. The third-order valence-electron chi connectivity index (χ3n) is 6.45. The number of hydrogen-bond donors (Lipinski definition) is 1. The minimum Gasteiger partial charge on any atom is -0.369 e. The SMILES string of the molecule is Cc1cc(N2CCC(C(N)=O)C2)nc(N2CCc3nc(-c4ccccn4)ncc3C2C)c1. The van der Waals surface area contributed by atoms with Crippen LogP contribution in [0.15, 0.2) is 42.7 Å². The van der Waals surface area contributed by atoms with Crippen molar-refractivity contribution in [3.8, 4) is 11.5 Å². The van der Waals surface area contributed by atoms with Crippen molar-refractivity contribution in [2.24, 2.45) is 11.7 Å². The Kier molecular flexibility index (Phi) is 5.20. The first-order chi connectivity index (χ1) is 15.5. The smallest absolute Gasteiger partial charge is 0.222 e. The van der Waals surface area contributed by atoms with E-state index in [1.54, 1.807) is 6.20 Å². The first kappa shape index (κ1) is 20.4. The fourth-order valence-corrected chi connectivity index (χ4v) is 4.64. The molecule has 1 amide bonds. The summed E-state index contributed by atoms with van der Waals surface area (Å²) >= 11 is 0. The molecule has 2 aliphatic rings. The molecule has 164 valence electrons. The molecule has 3 aromatic rings. The highest BCUT2D eigenvalue weighted by molar-refractivity contribution is 5.78. The number of rotatable bonds is 4. The van der Waals surface area contributed by atoms with E-state index in [1.807, 2.05) is 24.4 Å². The van der Waals surface area contributed by atoms with Gasteiger partial charge in [0.25, 0.3) is 0 Å². The molecule has 1 saturated heterocycles. The number of amides is 1. The van der Waals surface area contributed by atoms with Gasteiger partial charge in [-0.05, 0) is 50.1 Å². The van der Waals surface area contributed by atoms with Crippen molar-refractivity contribution in [3.63, 3.8) is 0 Å². The standard InChI is InChI=1S/C24H27N7O/c1-15-11-21(30-9-6-17(14-30)23(25)32)29-22(12-15)31-10-7-19-18(16(31)2)13-27-24(28-19)20-5-3-4-8-26-20/h3-5,8,11-13,16-17H,6-7,9-10,14H2,1-2H3,(H2,25,32). The lowest BCUT2D eigenvalue weighted by Crippen LogP contribution is -2.36. The van der Waals surface area contributed by atoms with Gasteiger partial charge in [-0.1, -0.05) is 6.07 Å². The van der Waals surface area contributed by atoms with Crippen molar-refractivity contribution < 1.29 is 4.79 Å². The molecule has 2 atom stereocenters. The maximum atomic E-state index is 11.6. The average molecular weight is 430 g/mol. The van der Waals surface area contributed by atoms with Crippen LogP contribution in [0.4, 0.5) is 11.6 Å². The fourth-order valence-electron chi connectivity index (χ4n) is 4.64. The number of carbonyl (C=O) groups is 1. The van der Waals surface area contributed by atoms with Crippen LogP contribution in [0.5, 0.6) is 0 Å². The van der Waals surface area contributed by atoms with Crippen LogP contribution >= 0.6 is 0 Å². The first-order valence-electron chi connectivity index (χ1n) is 11.1. The Labute approximate surface area is 187 Å². The van der Waals surface area contributed by atoms with Crippen LogP contribution in [0.1, 0.15) is 36.2 Å². The molecule has 8 heteroatoms. The summed E-state index contributed by atoms with van der Waals surface area (Å²) in [4.78, 5) is 34.8. The second kappa shape index (κ2) is 8.18. The molecular weight excluding hydrogens is 402 g/mol. The molecule has 0 radical (unpaired) electrons. The largest absolute Gasteiger partial charge is 0.369 e. The summed E-state index contributed by atoms with van der Waals surface area (Å²) in [7, 11) is 0. The van der Waals surface area contributed by atoms with E-state index in [0.717, 1.165) is 60.1 Å². The zero-order valence-electron chi connectivity index (χ0n) is 18.4. The number of pyridine rings is 2. The molecule has 5 rings (SSSR count). The minimum atomic E-state index is -0.230. The van der Waals surface area contributed by atoms with Gasteiger partial charge in [0.1, 0.15) is 17.3 Å². The Morgan fingerprint density at radius 1 is 1.12 bits per heavy atom. The van der Waals surface area contributed by atoms with Crippen molar-refractivity contribution in [2.75, 3.05) is 29.4 Å². The van der Waals surface area contributed by atoms with Crippen molar-refractivity contribution in [1.82, 2.24) is 19.9 Å². The summed E-state index contributed by atoms with van der Waals surface area (Å²) in [5.41, 5.74) is 9.64. The fraction of sp³-hybridized carbons (Fsp3) is 0.375. The number of carbonyl (C=O) groups excluding carboxylic acids is 1. The summed E-state index contributed by atoms with van der Waals surface area (Å²) in [6.45, 7) is 6.51. The summed E-state index contributed by atoms with van der Waals surface area (Å²) < 4.78 is 0. The molecule has 8 nitrogen and oxygen atoms in total. The summed E-state index contributed by atoms with van der Waals surface area (Å²) in [5.74, 6) is 2.18. The average Bonchev–Trinajstić information content (AvgIpc) is 3.30. The van der Waals surface area contributed by atoms with Gasteiger partial charge in [0.2, 0.25) is 5.91 Å². The Morgan fingerprint density at radius 3 is 2.72 bits per heavy atom. The molecule has 2 N–H and O–H groups in total. The van der Waals surface area contributed by atoms with Crippen molar-refractivity contribution in [1.29, 1.82) is 0 Å². The van der Waals surface area contributed by atoms with E-state index in [2.05, 4.69) is 45.7 Å². The Hall–Kier alpha value is -3.55. The molecule has 0 saturated carbocycles. The molecule has 3 aromatic heterocycles. The predicted octanol–water partition coefficient (Wildman–Crippen LogP) is 2.68. The zero-order valence-corrected chi connectivity index (χ0v) is 18.4. The van der Waals surface area contributed by atoms with Crippen molar-refractivity contribution in [3.05, 3.63) is 59.5 Å². The maximum Gasteiger partial charge on any atom is 0.222 e. The van der Waals surface area contributed by atoms with Crippen LogP contribution in [0.3, 0.4) is 0 Å². The van der Waals surface area contributed by atoms with Crippen LogP contribution < -0.4 is 15.5 Å². The minimum absolute atomic E-state index is 0.105. The lowest BCUT2D eigenvalue weighted by atomic mass is 9.99. The number of nitrogens with zero attached hydrogens (tertiary/aromatic N) is 6. The van der Waals surface area contributed by atoms with Crippen LogP contribution in [-0.4, -0.2) is 45.5 Å². The van der Waals surface area contributed by atoms with E-state index in [9.17, 15) is 4.79 Å². The van der Waals surface area contributed by atoms with E-state index in [1.165, 1.54) is 0 Å². The van der Waals surface area contributed by atoms with Gasteiger partial charge in [0, 0.05) is 44.0 Å². The molecule has 2 unspecified atom stereocenters. The molecule has 1 fully saturated rings. The van der Waals surface area contributed by atoms with Crippen LogP contribution in [0.2, 0.25) is 0 Å². The summed E-state index contributed by atoms with van der Waals surface area (Å²) in [6, 6.07) is 10.1. The van der Waals surface area contributed by atoms with Crippen LogP contribution in [0, 0.1) is 12.8 Å². The van der Waals surface area contributed by atoms with Gasteiger partial charge in [-0.15, -0.1) is 0 Å². The molecule has 5 heterocycles. The number of aromatic nitrogens is 4. The highest BCUT2D eigenvalue weighted by atomic mass is 16.1. The number of nitrogens with two attached hydrogens (primary N) is 1. The first-order valence-corrected chi connectivity index (χ1v) is 11.1. The molecule has 32 heavy (non-hydrogen) atoms. The lowest BCUT2D eigenvalue weighted by molar-refractivity contribution is -0.121.